The molecule has 1 aromatic heterocycles. The topological polar surface area (TPSA) is 37.4 Å². The lowest BCUT2D eigenvalue weighted by Crippen LogP contribution is -2.51. The zero-order chi connectivity index (χ0) is 13.0. The molecular formula is C12H17Br2N3O. The van der Waals surface area contributed by atoms with Crippen LogP contribution in [0.1, 0.15) is 6.92 Å². The minimum absolute atomic E-state index is 0.337. The Hall–Kier alpha value is -0.170. The number of likely N-dealkylation sites (N-methyl/N-ethyl adjacent to an activating group) is 1. The van der Waals surface area contributed by atoms with Gasteiger partial charge in [0.1, 0.15) is 5.82 Å². The van der Waals surface area contributed by atoms with Gasteiger partial charge in [-0.25, -0.2) is 4.98 Å². The Morgan fingerprint density at radius 1 is 1.56 bits per heavy atom. The van der Waals surface area contributed by atoms with Crippen LogP contribution in [0.4, 0.5) is 5.82 Å². The van der Waals surface area contributed by atoms with Crippen LogP contribution in [0.15, 0.2) is 21.2 Å². The quantitative estimate of drug-likeness (QED) is 0.872. The molecule has 1 unspecified atom stereocenters. The van der Waals surface area contributed by atoms with E-state index in [9.17, 15) is 0 Å². The lowest BCUT2D eigenvalue weighted by molar-refractivity contribution is 0.0934. The van der Waals surface area contributed by atoms with Gasteiger partial charge < -0.3 is 15.0 Å². The Bertz CT molecular complexity index is 403. The first-order valence-electron chi connectivity index (χ1n) is 6.08. The van der Waals surface area contributed by atoms with E-state index >= 15 is 0 Å². The third kappa shape index (κ3) is 3.44. The largest absolute Gasteiger partial charge is 0.377 e. The smallest absolute Gasteiger partial charge is 0.143 e. The first-order valence-corrected chi connectivity index (χ1v) is 7.67. The van der Waals surface area contributed by atoms with Gasteiger partial charge in [-0.05, 0) is 44.5 Å². The molecule has 4 nitrogen and oxygen atoms in total. The number of rotatable bonds is 4. The SMILES string of the molecule is CCNCC1COCCN1c1ncc(Br)cc1Br. The molecule has 1 aromatic rings. The molecule has 1 saturated heterocycles. The van der Waals surface area contributed by atoms with Gasteiger partial charge in [0.15, 0.2) is 0 Å². The van der Waals surface area contributed by atoms with Crippen molar-refractivity contribution in [2.75, 3.05) is 37.7 Å². The van der Waals surface area contributed by atoms with Gasteiger partial charge in [-0.15, -0.1) is 0 Å². The van der Waals surface area contributed by atoms with E-state index in [0.717, 1.165) is 47.6 Å². The first-order chi connectivity index (χ1) is 8.72. The number of aromatic nitrogens is 1. The third-order valence-corrected chi connectivity index (χ3v) is 3.94. The van der Waals surface area contributed by atoms with E-state index in [2.05, 4.69) is 54.0 Å². The maximum absolute atomic E-state index is 5.56. The molecule has 1 fully saturated rings. The monoisotopic (exact) mass is 377 g/mol. The van der Waals surface area contributed by atoms with E-state index in [1.807, 2.05) is 12.3 Å². The molecule has 1 aliphatic rings. The lowest BCUT2D eigenvalue weighted by atomic mass is 10.2. The van der Waals surface area contributed by atoms with Crippen molar-refractivity contribution in [3.63, 3.8) is 0 Å². The van der Waals surface area contributed by atoms with Crippen LogP contribution in [0.5, 0.6) is 0 Å². The second kappa shape index (κ2) is 6.84. The van der Waals surface area contributed by atoms with E-state index < -0.39 is 0 Å². The number of nitrogens with zero attached hydrogens (tertiary/aromatic N) is 2. The number of hydrogen-bond donors (Lipinski definition) is 1. The highest BCUT2D eigenvalue weighted by Gasteiger charge is 2.25. The number of halogens is 2. The average Bonchev–Trinajstić information content (AvgIpc) is 2.37. The molecule has 1 aliphatic heterocycles. The van der Waals surface area contributed by atoms with Crippen molar-refractivity contribution in [1.82, 2.24) is 10.3 Å². The van der Waals surface area contributed by atoms with Crippen molar-refractivity contribution in [2.45, 2.75) is 13.0 Å². The predicted molar refractivity (Wildman–Crippen MR) is 80.1 cm³/mol. The van der Waals surface area contributed by atoms with Crippen molar-refractivity contribution in [3.8, 4) is 0 Å². The molecule has 0 aromatic carbocycles. The molecule has 0 spiro atoms. The zero-order valence-corrected chi connectivity index (χ0v) is 13.5. The molecule has 1 N–H and O–H groups in total. The fourth-order valence-electron chi connectivity index (χ4n) is 2.03. The highest BCUT2D eigenvalue weighted by Crippen LogP contribution is 2.28. The summed E-state index contributed by atoms with van der Waals surface area (Å²) in [6.07, 6.45) is 1.83. The molecule has 0 aliphatic carbocycles. The van der Waals surface area contributed by atoms with Crippen molar-refractivity contribution in [3.05, 3.63) is 21.2 Å². The molecule has 0 radical (unpaired) electrons. The van der Waals surface area contributed by atoms with Crippen LogP contribution >= 0.6 is 31.9 Å². The molecule has 0 saturated carbocycles. The molecule has 2 rings (SSSR count). The van der Waals surface area contributed by atoms with Gasteiger partial charge in [0.2, 0.25) is 0 Å². The minimum Gasteiger partial charge on any atom is -0.377 e. The van der Waals surface area contributed by atoms with Crippen molar-refractivity contribution in [2.24, 2.45) is 0 Å². The second-order valence-electron chi connectivity index (χ2n) is 4.19. The van der Waals surface area contributed by atoms with Crippen LogP contribution in [0.3, 0.4) is 0 Å². The maximum Gasteiger partial charge on any atom is 0.143 e. The van der Waals surface area contributed by atoms with Gasteiger partial charge >= 0.3 is 0 Å². The Morgan fingerprint density at radius 3 is 3.11 bits per heavy atom. The summed E-state index contributed by atoms with van der Waals surface area (Å²) in [5, 5.41) is 3.37. The number of nitrogens with one attached hydrogen (secondary N) is 1. The van der Waals surface area contributed by atoms with E-state index in [1.165, 1.54) is 0 Å². The molecule has 6 heteroatoms. The van der Waals surface area contributed by atoms with E-state index in [-0.39, 0.29) is 0 Å². The Morgan fingerprint density at radius 2 is 2.39 bits per heavy atom. The lowest BCUT2D eigenvalue weighted by Gasteiger charge is -2.37. The van der Waals surface area contributed by atoms with Crippen LogP contribution in [-0.4, -0.2) is 43.9 Å². The Kier molecular flexibility index (Phi) is 5.41. The summed E-state index contributed by atoms with van der Waals surface area (Å²) in [6, 6.07) is 2.37. The first kappa shape index (κ1) is 14.2. The van der Waals surface area contributed by atoms with Gasteiger partial charge in [0.25, 0.3) is 0 Å². The van der Waals surface area contributed by atoms with Gasteiger partial charge in [-0.1, -0.05) is 6.92 Å². The predicted octanol–water partition coefficient (Wildman–Crippen LogP) is 2.42. The summed E-state index contributed by atoms with van der Waals surface area (Å²) in [4.78, 5) is 6.82. The van der Waals surface area contributed by atoms with Crippen molar-refractivity contribution >= 4 is 37.7 Å². The van der Waals surface area contributed by atoms with Crippen LogP contribution < -0.4 is 10.2 Å². The van der Waals surface area contributed by atoms with E-state index in [4.69, 9.17) is 4.74 Å². The standard InChI is InChI=1S/C12H17Br2N3O/c1-2-15-7-10-8-18-4-3-17(10)12-11(14)5-9(13)6-16-12/h5-6,10,15H,2-4,7-8H2,1H3. The van der Waals surface area contributed by atoms with Crippen molar-refractivity contribution in [1.29, 1.82) is 0 Å². The summed E-state index contributed by atoms with van der Waals surface area (Å²) < 4.78 is 7.56. The number of hydrogen-bond acceptors (Lipinski definition) is 4. The highest BCUT2D eigenvalue weighted by molar-refractivity contribution is 9.11. The average molecular weight is 379 g/mol. The molecular weight excluding hydrogens is 362 g/mol. The van der Waals surface area contributed by atoms with Gasteiger partial charge in [0, 0.05) is 23.8 Å². The number of pyridine rings is 1. The molecule has 0 bridgehead atoms. The van der Waals surface area contributed by atoms with Crippen LogP contribution in [0, 0.1) is 0 Å². The molecule has 2 heterocycles. The minimum atomic E-state index is 0.337. The number of morpholine rings is 1. The van der Waals surface area contributed by atoms with Crippen LogP contribution in [-0.2, 0) is 4.74 Å². The summed E-state index contributed by atoms with van der Waals surface area (Å²) in [5.41, 5.74) is 0. The maximum atomic E-state index is 5.56. The number of anilines is 1. The third-order valence-electron chi connectivity index (χ3n) is 2.92. The molecule has 0 amide bonds. The summed E-state index contributed by atoms with van der Waals surface area (Å²) >= 11 is 7.01. The van der Waals surface area contributed by atoms with Crippen LogP contribution in [0.2, 0.25) is 0 Å². The summed E-state index contributed by atoms with van der Waals surface area (Å²) in [7, 11) is 0. The number of ether oxygens (including phenoxy) is 1. The van der Waals surface area contributed by atoms with Gasteiger partial charge in [-0.3, -0.25) is 0 Å². The summed E-state index contributed by atoms with van der Waals surface area (Å²) in [6.45, 7) is 6.38. The molecule has 100 valence electrons. The normalized spacial score (nSPS) is 20.2. The molecule has 1 atom stereocenters. The second-order valence-corrected chi connectivity index (χ2v) is 5.96. The zero-order valence-electron chi connectivity index (χ0n) is 10.3. The fourth-order valence-corrected chi connectivity index (χ4v) is 3.25. The van der Waals surface area contributed by atoms with E-state index in [0.29, 0.717) is 6.04 Å². The highest BCUT2D eigenvalue weighted by atomic mass is 79.9. The van der Waals surface area contributed by atoms with Crippen molar-refractivity contribution < 1.29 is 4.74 Å². The molecule has 18 heavy (non-hydrogen) atoms. The van der Waals surface area contributed by atoms with Gasteiger partial charge in [0.05, 0.1) is 23.7 Å². The van der Waals surface area contributed by atoms with Crippen LogP contribution in [0.25, 0.3) is 0 Å². The Balaban J connectivity index is 2.16. The summed E-state index contributed by atoms with van der Waals surface area (Å²) in [5.74, 6) is 0.990. The Labute approximate surface area is 124 Å². The van der Waals surface area contributed by atoms with E-state index in [1.54, 1.807) is 0 Å². The fraction of sp³-hybridized carbons (Fsp3) is 0.583. The van der Waals surface area contributed by atoms with Gasteiger partial charge in [-0.2, -0.15) is 0 Å².